The normalized spacial score (nSPS) is 11.2. The van der Waals surface area contributed by atoms with Crippen LogP contribution in [0, 0.1) is 0 Å². The standard InChI is InChI=1S/C36H70O4S2/c1-3-5-7-9-11-13-15-17-19-21-23-25-27-29-31-39-35(37)33-41-42-34-36(38)40-32-30-28-26-24-22-20-18-16-14-12-10-8-6-4-2/h3-34H2,1-2H3. The fourth-order valence-electron chi connectivity index (χ4n) is 5.23. The van der Waals surface area contributed by atoms with Crippen LogP contribution in [0.25, 0.3) is 0 Å². The Bertz CT molecular complexity index is 511. The van der Waals surface area contributed by atoms with Crippen LogP contribution in [-0.4, -0.2) is 36.7 Å². The van der Waals surface area contributed by atoms with Crippen LogP contribution in [0.4, 0.5) is 0 Å². The lowest BCUT2D eigenvalue weighted by molar-refractivity contribution is -0.141. The fourth-order valence-corrected chi connectivity index (χ4v) is 6.83. The molecule has 6 heteroatoms. The van der Waals surface area contributed by atoms with E-state index in [9.17, 15) is 9.59 Å². The van der Waals surface area contributed by atoms with Crippen LogP contribution in [-0.2, 0) is 19.1 Å². The Morgan fingerprint density at radius 1 is 0.357 bits per heavy atom. The third kappa shape index (κ3) is 35.8. The summed E-state index contributed by atoms with van der Waals surface area (Å²) in [7, 11) is 2.76. The van der Waals surface area contributed by atoms with E-state index in [1.165, 1.54) is 176 Å². The molecule has 0 fully saturated rings. The smallest absolute Gasteiger partial charge is 0.316 e. The molecule has 0 amide bonds. The summed E-state index contributed by atoms with van der Waals surface area (Å²) in [5, 5.41) is 0. The van der Waals surface area contributed by atoms with Gasteiger partial charge in [-0.3, -0.25) is 9.59 Å². The Morgan fingerprint density at radius 2 is 0.571 bits per heavy atom. The number of hydrogen-bond acceptors (Lipinski definition) is 6. The van der Waals surface area contributed by atoms with E-state index in [-0.39, 0.29) is 23.4 Å². The van der Waals surface area contributed by atoms with Gasteiger partial charge in [-0.05, 0) is 12.8 Å². The van der Waals surface area contributed by atoms with Crippen molar-refractivity contribution in [3.63, 3.8) is 0 Å². The Labute approximate surface area is 270 Å². The minimum atomic E-state index is -0.182. The van der Waals surface area contributed by atoms with Crippen molar-refractivity contribution in [1.29, 1.82) is 0 Å². The number of rotatable bonds is 35. The SMILES string of the molecule is CCCCCCCCCCCCCCCCOC(=O)CSSCC(=O)OCCCCCCCCCCCCCCCC. The minimum absolute atomic E-state index is 0.182. The van der Waals surface area contributed by atoms with E-state index in [4.69, 9.17) is 9.47 Å². The van der Waals surface area contributed by atoms with Gasteiger partial charge in [0.25, 0.3) is 0 Å². The number of unbranched alkanes of at least 4 members (excludes halogenated alkanes) is 26. The van der Waals surface area contributed by atoms with Gasteiger partial charge in [0, 0.05) is 0 Å². The van der Waals surface area contributed by atoms with Crippen molar-refractivity contribution in [1.82, 2.24) is 0 Å². The molecule has 0 spiro atoms. The molecule has 250 valence electrons. The van der Waals surface area contributed by atoms with Gasteiger partial charge in [-0.1, -0.05) is 202 Å². The molecule has 4 nitrogen and oxygen atoms in total. The van der Waals surface area contributed by atoms with Gasteiger partial charge < -0.3 is 9.47 Å². The molecule has 0 heterocycles. The van der Waals surface area contributed by atoms with E-state index < -0.39 is 0 Å². The molecule has 0 rings (SSSR count). The third-order valence-corrected chi connectivity index (χ3v) is 10.0. The summed E-state index contributed by atoms with van der Waals surface area (Å²) in [6, 6.07) is 0. The van der Waals surface area contributed by atoms with Gasteiger partial charge in [0.15, 0.2) is 0 Å². The monoisotopic (exact) mass is 630 g/mol. The summed E-state index contributed by atoms with van der Waals surface area (Å²) in [5.74, 6) is 0.210. The van der Waals surface area contributed by atoms with E-state index in [1.54, 1.807) is 0 Å². The lowest BCUT2D eigenvalue weighted by Gasteiger charge is -2.06. The maximum atomic E-state index is 11.9. The number of ether oxygens (including phenoxy) is 2. The molecule has 0 aliphatic carbocycles. The van der Waals surface area contributed by atoms with Crippen molar-refractivity contribution in [2.75, 3.05) is 24.7 Å². The zero-order valence-electron chi connectivity index (χ0n) is 28.1. The zero-order chi connectivity index (χ0) is 30.6. The largest absolute Gasteiger partial charge is 0.465 e. The Balaban J connectivity index is 3.26. The fraction of sp³-hybridized carbons (Fsp3) is 0.944. The first kappa shape index (κ1) is 41.6. The third-order valence-electron chi connectivity index (χ3n) is 7.96. The van der Waals surface area contributed by atoms with Gasteiger partial charge in [0.1, 0.15) is 11.5 Å². The molecule has 0 saturated carbocycles. The van der Waals surface area contributed by atoms with Crippen LogP contribution in [0.1, 0.15) is 194 Å². The van der Waals surface area contributed by atoms with Crippen LogP contribution in [0.15, 0.2) is 0 Å². The van der Waals surface area contributed by atoms with Gasteiger partial charge in [0.2, 0.25) is 0 Å². The number of esters is 2. The highest BCUT2D eigenvalue weighted by Crippen LogP contribution is 2.21. The first-order valence-corrected chi connectivity index (χ1v) is 20.7. The lowest BCUT2D eigenvalue weighted by Crippen LogP contribution is -2.10. The summed E-state index contributed by atoms with van der Waals surface area (Å²) < 4.78 is 10.7. The van der Waals surface area contributed by atoms with Gasteiger partial charge in [-0.25, -0.2) is 0 Å². The molecule has 0 bridgehead atoms. The Morgan fingerprint density at radius 3 is 0.810 bits per heavy atom. The lowest BCUT2D eigenvalue weighted by atomic mass is 10.0. The van der Waals surface area contributed by atoms with Gasteiger partial charge >= 0.3 is 11.9 Å². The van der Waals surface area contributed by atoms with Crippen molar-refractivity contribution in [2.24, 2.45) is 0 Å². The topological polar surface area (TPSA) is 52.6 Å². The van der Waals surface area contributed by atoms with Crippen molar-refractivity contribution >= 4 is 33.5 Å². The molecule has 0 atom stereocenters. The molecular weight excluding hydrogens is 561 g/mol. The van der Waals surface area contributed by atoms with Crippen molar-refractivity contribution < 1.29 is 19.1 Å². The van der Waals surface area contributed by atoms with E-state index in [0.717, 1.165) is 25.7 Å². The van der Waals surface area contributed by atoms with Crippen LogP contribution in [0.2, 0.25) is 0 Å². The van der Waals surface area contributed by atoms with Crippen LogP contribution in [0.3, 0.4) is 0 Å². The van der Waals surface area contributed by atoms with Gasteiger partial charge in [0.05, 0.1) is 13.2 Å². The molecule has 0 unspecified atom stereocenters. The molecule has 0 aromatic rings. The summed E-state index contributed by atoms with van der Waals surface area (Å²) in [4.78, 5) is 23.8. The highest BCUT2D eigenvalue weighted by molar-refractivity contribution is 8.77. The minimum Gasteiger partial charge on any atom is -0.465 e. The molecule has 0 radical (unpaired) electrons. The summed E-state index contributed by atoms with van der Waals surface area (Å²) in [6.45, 7) is 5.58. The van der Waals surface area contributed by atoms with E-state index in [1.807, 2.05) is 0 Å². The molecular formula is C36H70O4S2. The summed E-state index contributed by atoms with van der Waals surface area (Å²) >= 11 is 0. The van der Waals surface area contributed by atoms with Crippen molar-refractivity contribution in [2.45, 2.75) is 194 Å². The Hall–Kier alpha value is -0.360. The second-order valence-electron chi connectivity index (χ2n) is 12.2. The second kappa shape index (κ2) is 36.8. The maximum absolute atomic E-state index is 11.9. The number of carbonyl (C=O) groups excluding carboxylic acids is 2. The first-order valence-electron chi connectivity index (χ1n) is 18.3. The van der Waals surface area contributed by atoms with E-state index in [2.05, 4.69) is 13.8 Å². The predicted molar refractivity (Wildman–Crippen MR) is 187 cm³/mol. The highest BCUT2D eigenvalue weighted by atomic mass is 33.1. The van der Waals surface area contributed by atoms with Crippen LogP contribution >= 0.6 is 21.6 Å². The Kier molecular flexibility index (Phi) is 36.5. The van der Waals surface area contributed by atoms with Gasteiger partial charge in [-0.15, -0.1) is 0 Å². The zero-order valence-corrected chi connectivity index (χ0v) is 29.7. The molecule has 42 heavy (non-hydrogen) atoms. The average molecular weight is 631 g/mol. The molecule has 0 aliphatic heterocycles. The number of hydrogen-bond donors (Lipinski definition) is 0. The second-order valence-corrected chi connectivity index (χ2v) is 14.6. The number of carbonyl (C=O) groups is 2. The van der Waals surface area contributed by atoms with Crippen molar-refractivity contribution in [3.8, 4) is 0 Å². The van der Waals surface area contributed by atoms with Crippen LogP contribution < -0.4 is 0 Å². The summed E-state index contributed by atoms with van der Waals surface area (Å²) in [5.41, 5.74) is 0. The van der Waals surface area contributed by atoms with Gasteiger partial charge in [-0.2, -0.15) is 0 Å². The van der Waals surface area contributed by atoms with E-state index >= 15 is 0 Å². The summed E-state index contributed by atoms with van der Waals surface area (Å²) in [6.07, 6.45) is 37.0. The quantitative estimate of drug-likeness (QED) is 0.0394. The highest BCUT2D eigenvalue weighted by Gasteiger charge is 2.07. The average Bonchev–Trinajstić information content (AvgIpc) is 2.99. The molecule has 0 saturated heterocycles. The maximum Gasteiger partial charge on any atom is 0.316 e. The first-order chi connectivity index (χ1) is 20.7. The predicted octanol–water partition coefficient (Wildman–Crippen LogP) is 12.4. The van der Waals surface area contributed by atoms with E-state index in [0.29, 0.717) is 13.2 Å². The van der Waals surface area contributed by atoms with Crippen LogP contribution in [0.5, 0.6) is 0 Å². The molecule has 0 aromatic heterocycles. The molecule has 0 N–H and O–H groups in total. The van der Waals surface area contributed by atoms with Crippen molar-refractivity contribution in [3.05, 3.63) is 0 Å². The molecule has 0 aromatic carbocycles. The molecule has 0 aliphatic rings.